The molecule has 0 saturated carbocycles. The van der Waals surface area contributed by atoms with E-state index in [4.69, 9.17) is 0 Å². The van der Waals surface area contributed by atoms with Crippen LogP contribution in [0.4, 0.5) is 96.7 Å². The fraction of sp³-hybridized carbons (Fsp3) is 0.0152. The van der Waals surface area contributed by atoms with Gasteiger partial charge in [-0.2, -0.15) is 0 Å². The summed E-state index contributed by atoms with van der Waals surface area (Å²) in [5.74, 6) is 0. The molecule has 6 heteroatoms. The normalized spacial score (nSPS) is 12.2. The first-order valence-corrected chi connectivity index (χ1v) is 46.7. The Hall–Kier alpha value is -18.1. The van der Waals surface area contributed by atoms with Gasteiger partial charge in [0, 0.05) is 58.0 Å². The van der Waals surface area contributed by atoms with Crippen LogP contribution in [-0.4, -0.2) is 7.05 Å². The summed E-state index contributed by atoms with van der Waals surface area (Å²) in [5.41, 5.74) is 45.4. The second-order valence-electron chi connectivity index (χ2n) is 34.0. The van der Waals surface area contributed by atoms with Crippen molar-refractivity contribution in [1.82, 2.24) is 0 Å². The summed E-state index contributed by atoms with van der Waals surface area (Å²) in [4.78, 5) is 13.9. The molecule has 0 atom stereocenters. The molecule has 0 aliphatic carbocycles. The van der Waals surface area contributed by atoms with Gasteiger partial charge in [0.25, 0.3) is 0 Å². The number of hydrogen-bond acceptors (Lipinski definition) is 6. The van der Waals surface area contributed by atoms with E-state index >= 15 is 0 Å². The van der Waals surface area contributed by atoms with E-state index in [2.05, 4.69) is 562 Å². The Balaban J connectivity index is 0.000000106. The third-order valence-corrected chi connectivity index (χ3v) is 25.5. The fourth-order valence-electron chi connectivity index (χ4n) is 18.5. The third kappa shape index (κ3) is 18.9. The van der Waals surface area contributed by atoms with Crippen LogP contribution in [0.1, 0.15) is 94.6 Å². The predicted octanol–water partition coefficient (Wildman–Crippen LogP) is 37.5. The van der Waals surface area contributed by atoms with Crippen molar-refractivity contribution in [3.8, 4) is 22.3 Å². The van der Waals surface area contributed by atoms with Gasteiger partial charge in [0.05, 0.1) is 56.9 Å². The zero-order chi connectivity index (χ0) is 94.2. The lowest BCUT2D eigenvalue weighted by Gasteiger charge is -2.27. The highest BCUT2D eigenvalue weighted by Crippen LogP contribution is 2.53. The maximum atomic E-state index is 3.89. The van der Waals surface area contributed by atoms with Gasteiger partial charge < -0.3 is 29.4 Å². The van der Waals surface area contributed by atoms with Crippen molar-refractivity contribution >= 4 is 194 Å². The molecule has 6 aliphatic heterocycles. The Kier molecular flexibility index (Phi) is 26.7. The van der Waals surface area contributed by atoms with E-state index in [1.165, 1.54) is 157 Å². The van der Waals surface area contributed by atoms with Crippen LogP contribution >= 0.6 is 0 Å². The van der Waals surface area contributed by atoms with Gasteiger partial charge in [-0.3, -0.25) is 0 Å². The van der Waals surface area contributed by atoms with Gasteiger partial charge in [-0.15, -0.1) is 0 Å². The van der Waals surface area contributed by atoms with Crippen molar-refractivity contribution in [2.75, 3.05) is 36.4 Å². The van der Waals surface area contributed by atoms with E-state index in [9.17, 15) is 0 Å². The van der Waals surface area contributed by atoms with Crippen LogP contribution in [0.5, 0.6) is 0 Å². The zero-order valence-electron chi connectivity index (χ0n) is 77.6. The highest BCUT2D eigenvalue weighted by Gasteiger charge is 2.29. The molecule has 6 heterocycles. The lowest BCUT2D eigenvalue weighted by atomic mass is 9.95. The highest BCUT2D eigenvalue weighted by molar-refractivity contribution is 6.04. The molecule has 18 aromatic carbocycles. The monoisotopic (exact) mass is 1770 g/mol. The van der Waals surface area contributed by atoms with Crippen LogP contribution in [-0.2, 0) is 0 Å². The molecule has 0 fully saturated rings. The topological polar surface area (TPSA) is 19.4 Å². The quantitative estimate of drug-likeness (QED) is 0.128. The molecular weight excluding hydrogens is 1670 g/mol. The van der Waals surface area contributed by atoms with Gasteiger partial charge in [0.1, 0.15) is 0 Å². The molecule has 662 valence electrons. The minimum Gasteiger partial charge on any atom is -0.344 e. The molecule has 0 aromatic heterocycles. The molecule has 24 rings (SSSR count). The van der Waals surface area contributed by atoms with Crippen LogP contribution in [0, 0.1) is 6.92 Å². The van der Waals surface area contributed by atoms with Crippen LogP contribution in [0.15, 0.2) is 464 Å². The molecule has 0 N–H and O–H groups in total. The van der Waals surface area contributed by atoms with E-state index in [1.54, 1.807) is 0 Å². The van der Waals surface area contributed by atoms with Crippen molar-refractivity contribution in [1.29, 1.82) is 0 Å². The number of fused-ring (bicyclic) bond motifs is 15. The van der Waals surface area contributed by atoms with Crippen molar-refractivity contribution < 1.29 is 0 Å². The van der Waals surface area contributed by atoms with Crippen molar-refractivity contribution in [2.24, 2.45) is 0 Å². The summed E-state index contributed by atoms with van der Waals surface area (Å²) in [6.07, 6.45) is 33.1. The van der Waals surface area contributed by atoms with Crippen LogP contribution in [0.3, 0.4) is 0 Å². The average Bonchev–Trinajstić information content (AvgIpc) is 1.60. The number of hydrogen-bond donors (Lipinski definition) is 0. The molecule has 6 aliphatic rings. The average molecular weight is 1770 g/mol. The Bertz CT molecular complexity index is 7570. The number of benzene rings is 18. The summed E-state index contributed by atoms with van der Waals surface area (Å²) in [5, 5.41) is 0. The molecule has 0 radical (unpaired) electrons. The summed E-state index contributed by atoms with van der Waals surface area (Å²) < 4.78 is 0. The second kappa shape index (κ2) is 41.4. The Labute approximate surface area is 812 Å². The van der Waals surface area contributed by atoms with E-state index in [-0.39, 0.29) is 0 Å². The predicted molar refractivity (Wildman–Crippen MR) is 601 cm³/mol. The second-order valence-corrected chi connectivity index (χ2v) is 34.0. The summed E-state index contributed by atoms with van der Waals surface area (Å²) in [7, 11) is 2.11. The lowest BCUT2D eigenvalue weighted by Crippen LogP contribution is -2.11. The summed E-state index contributed by atoms with van der Waals surface area (Å²) in [6.45, 7) is 25.3. The SMILES string of the molecule is C=Cc1ccc(N2c3ccccc3-c3ccccc3-c3ccccc32)cc1.C=Cc1ccc(N2c3ccccc3C=Cc3ccccc32)cc1.C=Cc1ccc2c(c1)C=Cc1ccccc1N2C.C=Cc1ccc2c(c1)C=Cc1ccccc1N2c1ccc(C)cc1.C=Cc1ccc2c(c1)C=Cc1ccccc1N2c1ccccc1.C=Cc1cccc(N2c3ccccc3C=Cc3ccccc32)c1. The van der Waals surface area contributed by atoms with Crippen LogP contribution in [0.2, 0.25) is 0 Å². The van der Waals surface area contributed by atoms with Gasteiger partial charge in [0.15, 0.2) is 0 Å². The molecule has 0 saturated heterocycles. The van der Waals surface area contributed by atoms with E-state index in [0.717, 1.165) is 56.1 Å². The number of para-hydroxylation sites is 10. The Morgan fingerprint density at radius 2 is 0.377 bits per heavy atom. The van der Waals surface area contributed by atoms with Gasteiger partial charge in [0.2, 0.25) is 0 Å². The van der Waals surface area contributed by atoms with Crippen molar-refractivity contribution in [3.05, 3.63) is 559 Å². The summed E-state index contributed by atoms with van der Waals surface area (Å²) >= 11 is 0. The lowest BCUT2D eigenvalue weighted by molar-refractivity contribution is 1.20. The van der Waals surface area contributed by atoms with Crippen molar-refractivity contribution in [2.45, 2.75) is 6.92 Å². The largest absolute Gasteiger partial charge is 0.344 e. The maximum Gasteiger partial charge on any atom is 0.0540 e. The van der Waals surface area contributed by atoms with Crippen LogP contribution < -0.4 is 29.4 Å². The molecule has 0 amide bonds. The van der Waals surface area contributed by atoms with E-state index in [0.29, 0.717) is 0 Å². The molecule has 0 unspecified atom stereocenters. The molecule has 138 heavy (non-hydrogen) atoms. The van der Waals surface area contributed by atoms with Gasteiger partial charge in [-0.25, -0.2) is 0 Å². The highest BCUT2D eigenvalue weighted by atomic mass is 15.2. The molecule has 6 nitrogen and oxygen atoms in total. The third-order valence-electron chi connectivity index (χ3n) is 25.5. The van der Waals surface area contributed by atoms with Gasteiger partial charge >= 0.3 is 0 Å². The minimum atomic E-state index is 1.12. The fourth-order valence-corrected chi connectivity index (χ4v) is 18.5. The first kappa shape index (κ1) is 89.1. The minimum absolute atomic E-state index is 1.12. The van der Waals surface area contributed by atoms with Gasteiger partial charge in [-0.1, -0.05) is 415 Å². The Morgan fingerprint density at radius 1 is 0.159 bits per heavy atom. The van der Waals surface area contributed by atoms with Crippen molar-refractivity contribution in [3.63, 3.8) is 0 Å². The molecular formula is C132H104N6. The van der Waals surface area contributed by atoms with Crippen LogP contribution in [0.25, 0.3) is 119 Å². The molecule has 18 aromatic rings. The number of anilines is 17. The Morgan fingerprint density at radius 3 is 0.725 bits per heavy atom. The molecule has 0 bridgehead atoms. The van der Waals surface area contributed by atoms with E-state index in [1.807, 2.05) is 42.5 Å². The first-order valence-electron chi connectivity index (χ1n) is 46.7. The van der Waals surface area contributed by atoms with Gasteiger partial charge in [-0.05, 0) is 259 Å². The molecule has 0 spiro atoms. The van der Waals surface area contributed by atoms with E-state index < -0.39 is 0 Å². The standard InChI is InChI=1S/C26H19N.C23H19N.3C22H17N.C17H15N/c1-2-19-15-17-20(18-16-19)27-25-13-7-5-11-23(25)21-9-3-4-10-22(21)24-12-6-8-14-26(24)27;1-3-18-10-15-23-20(16-18)12-11-19-6-4-5-7-22(19)24(23)21-13-8-17(2)9-14-21;1-2-17-8-7-11-20(16-17)23-21-12-5-3-9-18(21)14-15-19-10-4-6-13-22(19)23;1-2-17-11-15-20(16-12-17)23-21-9-5-3-7-18(21)13-14-19-8-4-6-10-22(19)23;1-2-17-12-15-22-19(16-17)14-13-18-8-6-7-11-21(18)23(22)20-9-4-3-5-10-20;1-3-13-8-11-17-15(12-13)10-9-14-6-4-5-7-16(14)18(17)2/h2-18H,1H2;3-16H,1H2,2H3;3*2-16H,1H2;3-12H,1H2,2H3. The maximum absolute atomic E-state index is 3.89. The first-order chi connectivity index (χ1) is 68.0. The summed E-state index contributed by atoms with van der Waals surface area (Å²) in [6, 6.07) is 149. The number of nitrogens with zero attached hydrogens (tertiary/aromatic N) is 6. The smallest absolute Gasteiger partial charge is 0.0540 e. The number of aryl methyl sites for hydroxylation is 1. The zero-order valence-corrected chi connectivity index (χ0v) is 77.6. The number of rotatable bonds is 11.